The van der Waals surface area contributed by atoms with E-state index in [1.807, 2.05) is 18.4 Å². The molecule has 9 heteroatoms. The van der Waals surface area contributed by atoms with Crippen molar-refractivity contribution >= 4 is 49.6 Å². The minimum Gasteiger partial charge on any atom is -0.354 e. The second kappa shape index (κ2) is 8.46. The van der Waals surface area contributed by atoms with E-state index in [9.17, 15) is 13.2 Å². The maximum atomic E-state index is 15.4. The van der Waals surface area contributed by atoms with Crippen molar-refractivity contribution in [1.82, 2.24) is 10.0 Å². The number of benzene rings is 3. The SMILES string of the molecule is Cc1csc(-c2ccc([C@@]3(NS(=O)(=O)c4ccc5cc(Cl)ccc5c4)CCNC3=O)c(F)c2)c1. The van der Waals surface area contributed by atoms with Crippen LogP contribution < -0.4 is 10.0 Å². The van der Waals surface area contributed by atoms with E-state index in [0.717, 1.165) is 15.8 Å². The number of carbonyl (C=O) groups excluding carboxylic acids is 1. The molecule has 1 fully saturated rings. The molecule has 1 amide bonds. The lowest BCUT2D eigenvalue weighted by atomic mass is 9.88. The fraction of sp³-hybridized carbons (Fsp3) is 0.160. The number of nitrogens with one attached hydrogen (secondary N) is 2. The van der Waals surface area contributed by atoms with Crippen molar-refractivity contribution in [3.8, 4) is 10.4 Å². The minimum atomic E-state index is -4.17. The van der Waals surface area contributed by atoms with Gasteiger partial charge in [-0.25, -0.2) is 12.8 Å². The molecule has 34 heavy (non-hydrogen) atoms. The molecule has 1 aliphatic heterocycles. The first-order valence-corrected chi connectivity index (χ1v) is 13.3. The van der Waals surface area contributed by atoms with Gasteiger partial charge in [0.15, 0.2) is 0 Å². The van der Waals surface area contributed by atoms with E-state index in [-0.39, 0.29) is 23.4 Å². The Morgan fingerprint density at radius 3 is 2.50 bits per heavy atom. The smallest absolute Gasteiger partial charge is 0.246 e. The Hall–Kier alpha value is -2.78. The Balaban J connectivity index is 1.55. The summed E-state index contributed by atoms with van der Waals surface area (Å²) in [4.78, 5) is 13.8. The second-order valence-corrected chi connectivity index (χ2v) is 11.4. The van der Waals surface area contributed by atoms with Crippen molar-refractivity contribution in [2.75, 3.05) is 6.54 Å². The largest absolute Gasteiger partial charge is 0.354 e. The molecule has 1 atom stereocenters. The summed E-state index contributed by atoms with van der Waals surface area (Å²) in [5.41, 5.74) is -0.0111. The number of thiophene rings is 1. The number of hydrogen-bond acceptors (Lipinski definition) is 4. The van der Waals surface area contributed by atoms with Crippen LogP contribution in [0.25, 0.3) is 21.2 Å². The molecule has 5 nitrogen and oxygen atoms in total. The number of sulfonamides is 1. The molecule has 0 bridgehead atoms. The fourth-order valence-electron chi connectivity index (χ4n) is 4.28. The number of hydrogen-bond donors (Lipinski definition) is 2. The number of aryl methyl sites for hydroxylation is 1. The van der Waals surface area contributed by atoms with E-state index in [0.29, 0.717) is 16.0 Å². The summed E-state index contributed by atoms with van der Waals surface area (Å²) < 4.78 is 44.7. The highest BCUT2D eigenvalue weighted by Crippen LogP contribution is 2.36. The molecule has 3 aromatic carbocycles. The molecular formula is C25H20ClFN2O3S2. The third-order valence-corrected chi connectivity index (χ3v) is 8.83. The average molecular weight is 515 g/mol. The number of carbonyl (C=O) groups is 1. The summed E-state index contributed by atoms with van der Waals surface area (Å²) >= 11 is 7.51. The van der Waals surface area contributed by atoms with E-state index in [4.69, 9.17) is 11.6 Å². The molecule has 0 spiro atoms. The van der Waals surface area contributed by atoms with Crippen LogP contribution in [0.15, 0.2) is 70.9 Å². The molecule has 4 aromatic rings. The first-order valence-electron chi connectivity index (χ1n) is 10.6. The van der Waals surface area contributed by atoms with Crippen LogP contribution in [-0.4, -0.2) is 20.9 Å². The standard InChI is InChI=1S/C25H20ClFN2O3S2/c1-15-10-23(33-14-15)18-4-7-21(22(27)13-18)25(8-9-28-24(25)30)29-34(31,32)20-6-3-16-11-19(26)5-2-17(16)12-20/h2-7,10-14,29H,8-9H2,1H3,(H,28,30)/t25-/m0/s1. The molecule has 1 saturated heterocycles. The van der Waals surface area contributed by atoms with Gasteiger partial charge in [-0.05, 0) is 77.0 Å². The number of rotatable bonds is 5. The van der Waals surface area contributed by atoms with Crippen LogP contribution in [0.1, 0.15) is 17.5 Å². The van der Waals surface area contributed by atoms with E-state index >= 15 is 4.39 Å². The van der Waals surface area contributed by atoms with Gasteiger partial charge in [0.25, 0.3) is 0 Å². The van der Waals surface area contributed by atoms with Gasteiger partial charge in [-0.15, -0.1) is 11.3 Å². The molecular weight excluding hydrogens is 495 g/mol. The van der Waals surface area contributed by atoms with Gasteiger partial charge in [-0.3, -0.25) is 4.79 Å². The molecule has 174 valence electrons. The molecule has 1 aliphatic rings. The lowest BCUT2D eigenvalue weighted by molar-refractivity contribution is -0.124. The lowest BCUT2D eigenvalue weighted by Gasteiger charge is -2.28. The van der Waals surface area contributed by atoms with Crippen LogP contribution in [-0.2, 0) is 20.4 Å². The van der Waals surface area contributed by atoms with Crippen molar-refractivity contribution in [2.45, 2.75) is 23.8 Å². The van der Waals surface area contributed by atoms with Crippen LogP contribution in [0.3, 0.4) is 0 Å². The van der Waals surface area contributed by atoms with Crippen molar-refractivity contribution in [1.29, 1.82) is 0 Å². The highest BCUT2D eigenvalue weighted by Gasteiger charge is 2.48. The molecule has 5 rings (SSSR count). The third kappa shape index (κ3) is 4.01. The zero-order valence-electron chi connectivity index (χ0n) is 18.1. The molecule has 2 N–H and O–H groups in total. The van der Waals surface area contributed by atoms with E-state index in [2.05, 4.69) is 10.0 Å². The highest BCUT2D eigenvalue weighted by atomic mass is 35.5. The van der Waals surface area contributed by atoms with Crippen molar-refractivity contribution in [3.63, 3.8) is 0 Å². The molecule has 1 aromatic heterocycles. The monoisotopic (exact) mass is 514 g/mol. The normalized spacial score (nSPS) is 18.4. The van der Waals surface area contributed by atoms with Crippen molar-refractivity contribution in [2.24, 2.45) is 0 Å². The van der Waals surface area contributed by atoms with Gasteiger partial charge in [0.2, 0.25) is 15.9 Å². The second-order valence-electron chi connectivity index (χ2n) is 8.35. The van der Waals surface area contributed by atoms with Crippen molar-refractivity contribution < 1.29 is 17.6 Å². The van der Waals surface area contributed by atoms with Gasteiger partial charge >= 0.3 is 0 Å². The zero-order chi connectivity index (χ0) is 24.1. The van der Waals surface area contributed by atoms with Crippen LogP contribution in [0.5, 0.6) is 0 Å². The van der Waals surface area contributed by atoms with Gasteiger partial charge in [0.1, 0.15) is 11.4 Å². The van der Waals surface area contributed by atoms with E-state index < -0.39 is 27.3 Å². The average Bonchev–Trinajstić information content (AvgIpc) is 3.39. The summed E-state index contributed by atoms with van der Waals surface area (Å²) in [6.07, 6.45) is 0.0859. The summed E-state index contributed by atoms with van der Waals surface area (Å²) in [6, 6.07) is 16.2. The third-order valence-electron chi connectivity index (χ3n) is 6.01. The minimum absolute atomic E-state index is 0.00401. The zero-order valence-corrected chi connectivity index (χ0v) is 20.5. The molecule has 0 aliphatic carbocycles. The number of halogens is 2. The topological polar surface area (TPSA) is 75.3 Å². The van der Waals surface area contributed by atoms with Gasteiger partial charge in [0.05, 0.1) is 4.90 Å². The van der Waals surface area contributed by atoms with E-state index in [1.54, 1.807) is 30.3 Å². The quantitative estimate of drug-likeness (QED) is 0.376. The molecule has 2 heterocycles. The number of amides is 1. The molecule has 0 radical (unpaired) electrons. The van der Waals surface area contributed by atoms with Crippen LogP contribution in [0.2, 0.25) is 5.02 Å². The van der Waals surface area contributed by atoms with Gasteiger partial charge < -0.3 is 5.32 Å². The maximum Gasteiger partial charge on any atom is 0.246 e. The van der Waals surface area contributed by atoms with Crippen molar-refractivity contribution in [3.05, 3.63) is 88.0 Å². The van der Waals surface area contributed by atoms with Gasteiger partial charge in [-0.2, -0.15) is 4.72 Å². The highest BCUT2D eigenvalue weighted by molar-refractivity contribution is 7.89. The van der Waals surface area contributed by atoms with Crippen LogP contribution in [0.4, 0.5) is 4.39 Å². The first kappa shape index (κ1) is 23.0. The Bertz CT molecular complexity index is 1550. The Labute approximate surface area is 205 Å². The molecule has 0 saturated carbocycles. The first-order chi connectivity index (χ1) is 16.2. The predicted molar refractivity (Wildman–Crippen MR) is 133 cm³/mol. The summed E-state index contributed by atoms with van der Waals surface area (Å²) in [6.45, 7) is 2.18. The Morgan fingerprint density at radius 1 is 1.06 bits per heavy atom. The lowest BCUT2D eigenvalue weighted by Crippen LogP contribution is -2.51. The maximum absolute atomic E-state index is 15.4. The van der Waals surface area contributed by atoms with Gasteiger partial charge in [-0.1, -0.05) is 35.9 Å². The summed E-state index contributed by atoms with van der Waals surface area (Å²) in [5.74, 6) is -1.22. The summed E-state index contributed by atoms with van der Waals surface area (Å²) in [7, 11) is -4.17. The fourth-order valence-corrected chi connectivity index (χ4v) is 6.77. The Morgan fingerprint density at radius 2 is 1.82 bits per heavy atom. The Kier molecular flexibility index (Phi) is 5.72. The van der Waals surface area contributed by atoms with Gasteiger partial charge in [0, 0.05) is 22.0 Å². The summed E-state index contributed by atoms with van der Waals surface area (Å²) in [5, 5.41) is 6.62. The number of fused-ring (bicyclic) bond motifs is 1. The molecule has 0 unspecified atom stereocenters. The van der Waals surface area contributed by atoms with E-state index in [1.165, 1.54) is 35.6 Å². The predicted octanol–water partition coefficient (Wildman–Crippen LogP) is 5.36. The van der Waals surface area contributed by atoms with Crippen LogP contribution in [0, 0.1) is 12.7 Å². The van der Waals surface area contributed by atoms with Crippen LogP contribution >= 0.6 is 22.9 Å².